The lowest BCUT2D eigenvalue weighted by atomic mass is 10.0. The molecule has 2 heterocycles. The molecule has 0 spiro atoms. The molecule has 0 unspecified atom stereocenters. The van der Waals surface area contributed by atoms with Gasteiger partial charge in [-0.05, 0) is 25.0 Å². The van der Waals surface area contributed by atoms with Gasteiger partial charge in [0.25, 0.3) is 5.91 Å². The summed E-state index contributed by atoms with van der Waals surface area (Å²) >= 11 is 6.53. The van der Waals surface area contributed by atoms with Crippen LogP contribution in [0, 0.1) is 0 Å². The van der Waals surface area contributed by atoms with Gasteiger partial charge in [-0.1, -0.05) is 18.0 Å². The van der Waals surface area contributed by atoms with Gasteiger partial charge in [0.15, 0.2) is 0 Å². The van der Waals surface area contributed by atoms with Gasteiger partial charge in [0.2, 0.25) is 11.7 Å². The number of hydrogen-bond donors (Lipinski definition) is 1. The van der Waals surface area contributed by atoms with E-state index in [0.717, 1.165) is 23.9 Å². The lowest BCUT2D eigenvalue weighted by Gasteiger charge is -2.18. The molecule has 8 nitrogen and oxygen atoms in total. The molecule has 1 amide bonds. The number of rotatable bonds is 4. The van der Waals surface area contributed by atoms with E-state index in [-0.39, 0.29) is 39.2 Å². The normalized spacial score (nSPS) is 15.7. The maximum absolute atomic E-state index is 13.2. The molecule has 0 saturated carbocycles. The summed E-state index contributed by atoms with van der Waals surface area (Å²) in [4.78, 5) is 27.0. The van der Waals surface area contributed by atoms with Crippen LogP contribution in [0.15, 0.2) is 22.7 Å². The highest BCUT2D eigenvalue weighted by molar-refractivity contribution is 7.93. The van der Waals surface area contributed by atoms with Crippen molar-refractivity contribution in [2.45, 2.75) is 19.3 Å². The molecule has 1 aromatic carbocycles. The van der Waals surface area contributed by atoms with Crippen molar-refractivity contribution < 1.29 is 18.9 Å². The number of nitrogens with zero attached hydrogens (tertiary/aromatic N) is 4. The standard InChI is InChI=1S/C19H23ClN4O4S/c1-23(2)18(26)13-8-7-12(17(25)14-11-21-24(3)19(14)27)15(20)16(13)22-29(28)9-5-4-6-10-29/h7-8,11,27H,4-6,9-10H2,1-3H3. The first kappa shape index (κ1) is 21.3. The first-order valence-corrected chi connectivity index (χ1v) is 11.4. The van der Waals surface area contributed by atoms with Gasteiger partial charge in [0, 0.05) is 38.2 Å². The number of carbonyl (C=O) groups is 2. The van der Waals surface area contributed by atoms with E-state index in [1.54, 1.807) is 14.1 Å². The molecule has 1 aromatic heterocycles. The Morgan fingerprint density at radius 2 is 1.79 bits per heavy atom. The van der Waals surface area contributed by atoms with Crippen LogP contribution in [-0.2, 0) is 16.8 Å². The number of hydrogen-bond acceptors (Lipinski definition) is 6. The van der Waals surface area contributed by atoms with Crippen molar-refractivity contribution in [3.63, 3.8) is 0 Å². The highest BCUT2D eigenvalue weighted by Gasteiger charge is 2.26. The summed E-state index contributed by atoms with van der Waals surface area (Å²) < 4.78 is 18.8. The summed E-state index contributed by atoms with van der Waals surface area (Å²) in [6.45, 7) is 0. The van der Waals surface area contributed by atoms with E-state index in [1.165, 1.54) is 30.3 Å². The van der Waals surface area contributed by atoms with Crippen LogP contribution in [0.3, 0.4) is 0 Å². The van der Waals surface area contributed by atoms with Crippen molar-refractivity contribution in [1.29, 1.82) is 0 Å². The minimum absolute atomic E-state index is 0.0195. The van der Waals surface area contributed by atoms with Gasteiger partial charge >= 0.3 is 0 Å². The molecule has 0 bridgehead atoms. The quantitative estimate of drug-likeness (QED) is 0.739. The molecular formula is C19H23ClN4O4S. The maximum atomic E-state index is 13.2. The van der Waals surface area contributed by atoms with Crippen molar-refractivity contribution in [3.8, 4) is 5.88 Å². The van der Waals surface area contributed by atoms with Crippen LogP contribution in [0.1, 0.15) is 45.5 Å². The smallest absolute Gasteiger partial charge is 0.255 e. The first-order valence-electron chi connectivity index (χ1n) is 9.17. The van der Waals surface area contributed by atoms with E-state index in [2.05, 4.69) is 9.46 Å². The molecule has 1 aliphatic heterocycles. The van der Waals surface area contributed by atoms with Crippen LogP contribution >= 0.6 is 11.6 Å². The average Bonchev–Trinajstić information content (AvgIpc) is 3.01. The Morgan fingerprint density at radius 3 is 2.34 bits per heavy atom. The predicted octanol–water partition coefficient (Wildman–Crippen LogP) is 3.00. The van der Waals surface area contributed by atoms with Crippen molar-refractivity contribution in [2.24, 2.45) is 11.4 Å². The summed E-state index contributed by atoms with van der Waals surface area (Å²) in [5.41, 5.74) is 0.281. The topological polar surface area (TPSA) is 105 Å². The number of benzene rings is 1. The predicted molar refractivity (Wildman–Crippen MR) is 112 cm³/mol. The summed E-state index contributed by atoms with van der Waals surface area (Å²) in [5, 5.41) is 13.9. The fourth-order valence-corrected chi connectivity index (χ4v) is 5.73. The Balaban J connectivity index is 2.20. The number of aromatic hydroxyl groups is 1. The second-order valence-corrected chi connectivity index (χ2v) is 10.1. The van der Waals surface area contributed by atoms with Gasteiger partial charge in [0.1, 0.15) is 11.3 Å². The summed E-state index contributed by atoms with van der Waals surface area (Å²) in [6, 6.07) is 2.87. The van der Waals surface area contributed by atoms with E-state index in [4.69, 9.17) is 11.6 Å². The molecule has 0 atom stereocenters. The van der Waals surface area contributed by atoms with E-state index >= 15 is 0 Å². The molecule has 29 heavy (non-hydrogen) atoms. The average molecular weight is 439 g/mol. The number of carbonyl (C=O) groups excluding carboxylic acids is 2. The molecule has 0 aliphatic carbocycles. The van der Waals surface area contributed by atoms with Gasteiger partial charge < -0.3 is 10.0 Å². The van der Waals surface area contributed by atoms with E-state index < -0.39 is 15.5 Å². The number of amides is 1. The first-order chi connectivity index (χ1) is 13.6. The molecule has 156 valence electrons. The molecule has 3 rings (SSSR count). The lowest BCUT2D eigenvalue weighted by Crippen LogP contribution is -2.22. The van der Waals surface area contributed by atoms with Gasteiger partial charge in [-0.25, -0.2) is 8.89 Å². The Bertz CT molecular complexity index is 1090. The molecule has 1 N–H and O–H groups in total. The van der Waals surface area contributed by atoms with Crippen molar-refractivity contribution in [1.82, 2.24) is 14.7 Å². The number of aromatic nitrogens is 2. The summed E-state index contributed by atoms with van der Waals surface area (Å²) in [6.07, 6.45) is 3.81. The zero-order valence-corrected chi connectivity index (χ0v) is 18.1. The largest absolute Gasteiger partial charge is 0.493 e. The molecule has 1 aliphatic rings. The molecule has 1 fully saturated rings. The highest BCUT2D eigenvalue weighted by Crippen LogP contribution is 2.37. The monoisotopic (exact) mass is 438 g/mol. The SMILES string of the molecule is CN(C)C(=O)c1ccc(C(=O)c2cnn(C)c2O)c(Cl)c1N=S1(=O)CCCCC1. The van der Waals surface area contributed by atoms with Gasteiger partial charge in [-0.3, -0.25) is 9.59 Å². The zero-order chi connectivity index (χ0) is 21.3. The van der Waals surface area contributed by atoms with Crippen molar-refractivity contribution in [3.05, 3.63) is 40.0 Å². The Hall–Kier alpha value is -2.39. The Kier molecular flexibility index (Phi) is 6.00. The molecule has 10 heteroatoms. The number of aryl methyl sites for hydroxylation is 1. The van der Waals surface area contributed by atoms with E-state index in [9.17, 15) is 18.9 Å². The van der Waals surface area contributed by atoms with Crippen LogP contribution in [0.25, 0.3) is 0 Å². The number of halogens is 1. The number of ketones is 1. The Labute approximate surface area is 174 Å². The lowest BCUT2D eigenvalue weighted by molar-refractivity contribution is 0.0828. The third-order valence-electron chi connectivity index (χ3n) is 4.83. The summed E-state index contributed by atoms with van der Waals surface area (Å²) in [5.74, 6) is -0.343. The third kappa shape index (κ3) is 4.16. The Morgan fingerprint density at radius 1 is 1.17 bits per heavy atom. The minimum Gasteiger partial charge on any atom is -0.493 e. The second-order valence-electron chi connectivity index (χ2n) is 7.19. The maximum Gasteiger partial charge on any atom is 0.255 e. The van der Waals surface area contributed by atoms with Crippen LogP contribution < -0.4 is 0 Å². The van der Waals surface area contributed by atoms with E-state index in [0.29, 0.717) is 11.5 Å². The van der Waals surface area contributed by atoms with E-state index in [1.807, 2.05) is 0 Å². The minimum atomic E-state index is -2.57. The highest BCUT2D eigenvalue weighted by atomic mass is 35.5. The van der Waals surface area contributed by atoms with Gasteiger partial charge in [-0.2, -0.15) is 9.46 Å². The van der Waals surface area contributed by atoms with Crippen LogP contribution in [0.4, 0.5) is 5.69 Å². The van der Waals surface area contributed by atoms with Gasteiger partial charge in [-0.15, -0.1) is 0 Å². The summed E-state index contributed by atoms with van der Waals surface area (Å²) in [7, 11) is 2.12. The van der Waals surface area contributed by atoms with Gasteiger partial charge in [0.05, 0.1) is 26.5 Å². The van der Waals surface area contributed by atoms with Crippen LogP contribution in [-0.4, -0.2) is 61.3 Å². The van der Waals surface area contributed by atoms with Crippen LogP contribution in [0.2, 0.25) is 5.02 Å². The van der Waals surface area contributed by atoms with Crippen LogP contribution in [0.5, 0.6) is 5.88 Å². The molecule has 0 radical (unpaired) electrons. The van der Waals surface area contributed by atoms with Crippen molar-refractivity contribution >= 4 is 38.7 Å². The second kappa shape index (κ2) is 8.16. The fraction of sp³-hybridized carbons (Fsp3) is 0.421. The zero-order valence-electron chi connectivity index (χ0n) is 16.5. The molecular weight excluding hydrogens is 416 g/mol. The van der Waals surface area contributed by atoms with Crippen molar-refractivity contribution in [2.75, 3.05) is 25.6 Å². The molecule has 2 aromatic rings. The fourth-order valence-electron chi connectivity index (χ4n) is 3.17. The third-order valence-corrected chi connectivity index (χ3v) is 7.58. The molecule has 1 saturated heterocycles.